The number of hydrogen-bond acceptors (Lipinski definition) is 3. The van der Waals surface area contributed by atoms with Crippen molar-refractivity contribution in [1.29, 1.82) is 0 Å². The van der Waals surface area contributed by atoms with Crippen molar-refractivity contribution < 1.29 is 4.79 Å². The summed E-state index contributed by atoms with van der Waals surface area (Å²) in [5, 5.41) is 7.11. The lowest BCUT2D eigenvalue weighted by Crippen LogP contribution is -2.47. The number of amides is 1. The molecule has 21 heavy (non-hydrogen) atoms. The van der Waals surface area contributed by atoms with Gasteiger partial charge in [-0.3, -0.25) is 9.89 Å². The summed E-state index contributed by atoms with van der Waals surface area (Å²) in [5.74, 6) is -0.000156. The van der Waals surface area contributed by atoms with Gasteiger partial charge in [-0.25, -0.2) is 0 Å². The second-order valence-corrected chi connectivity index (χ2v) is 5.42. The van der Waals surface area contributed by atoms with Crippen LogP contribution >= 0.6 is 0 Å². The number of nitrogens with zero attached hydrogens (tertiary/aromatic N) is 2. The average Bonchev–Trinajstić information content (AvgIpc) is 3.05. The topological polar surface area (TPSA) is 75.0 Å². The van der Waals surface area contributed by atoms with E-state index in [0.29, 0.717) is 12.2 Å². The molecule has 1 aromatic heterocycles. The van der Waals surface area contributed by atoms with E-state index in [9.17, 15) is 4.79 Å². The molecule has 0 bridgehead atoms. The maximum Gasteiger partial charge on any atom is 0.272 e. The van der Waals surface area contributed by atoms with Crippen LogP contribution in [-0.4, -0.2) is 40.1 Å². The number of hydrogen-bond donors (Lipinski definition) is 2. The van der Waals surface area contributed by atoms with Crippen LogP contribution in [0.4, 0.5) is 0 Å². The van der Waals surface area contributed by atoms with E-state index in [1.807, 2.05) is 41.3 Å². The molecule has 1 fully saturated rings. The highest BCUT2D eigenvalue weighted by molar-refractivity contribution is 5.93. The quantitative estimate of drug-likeness (QED) is 0.905. The number of H-pyrrole nitrogens is 1. The Kier molecular flexibility index (Phi) is 4.01. The number of aromatic amines is 1. The third kappa shape index (κ3) is 2.83. The normalized spacial score (nSPS) is 18.7. The number of benzene rings is 1. The molecule has 1 amide bonds. The highest BCUT2D eigenvalue weighted by atomic mass is 16.2. The second kappa shape index (κ2) is 6.10. The standard InChI is InChI=1S/C16H20N4O/c17-11-13-8-4-5-9-20(13)16(21)15-10-14(18-19-15)12-6-2-1-3-7-12/h1-3,6-7,10,13H,4-5,8-9,11,17H2,(H,18,19). The number of rotatable bonds is 3. The lowest BCUT2D eigenvalue weighted by Gasteiger charge is -2.34. The fourth-order valence-corrected chi connectivity index (χ4v) is 2.86. The number of carbonyl (C=O) groups is 1. The molecule has 1 aliphatic heterocycles. The van der Waals surface area contributed by atoms with Crippen molar-refractivity contribution in [3.63, 3.8) is 0 Å². The Hall–Kier alpha value is -2.14. The number of nitrogens with one attached hydrogen (secondary N) is 1. The number of carbonyl (C=O) groups excluding carboxylic acids is 1. The minimum atomic E-state index is -0.000156. The van der Waals surface area contributed by atoms with Crippen LogP contribution in [0.25, 0.3) is 11.3 Å². The van der Waals surface area contributed by atoms with Gasteiger partial charge in [0, 0.05) is 24.7 Å². The van der Waals surface area contributed by atoms with Crippen LogP contribution in [0.15, 0.2) is 36.4 Å². The lowest BCUT2D eigenvalue weighted by molar-refractivity contribution is 0.0617. The first-order valence-corrected chi connectivity index (χ1v) is 7.41. The first kappa shape index (κ1) is 13.8. The summed E-state index contributed by atoms with van der Waals surface area (Å²) in [4.78, 5) is 14.5. The molecule has 0 saturated carbocycles. The summed E-state index contributed by atoms with van der Waals surface area (Å²) in [5.41, 5.74) is 8.12. The van der Waals surface area contributed by atoms with Gasteiger partial charge in [0.2, 0.25) is 0 Å². The fraction of sp³-hybridized carbons (Fsp3) is 0.375. The Morgan fingerprint density at radius 1 is 1.33 bits per heavy atom. The second-order valence-electron chi connectivity index (χ2n) is 5.42. The van der Waals surface area contributed by atoms with Gasteiger partial charge in [-0.1, -0.05) is 30.3 Å². The highest BCUT2D eigenvalue weighted by Gasteiger charge is 2.27. The summed E-state index contributed by atoms with van der Waals surface area (Å²) in [6.45, 7) is 1.30. The predicted molar refractivity (Wildman–Crippen MR) is 81.8 cm³/mol. The Morgan fingerprint density at radius 2 is 2.14 bits per heavy atom. The minimum Gasteiger partial charge on any atom is -0.333 e. The van der Waals surface area contributed by atoms with E-state index in [-0.39, 0.29) is 11.9 Å². The molecule has 110 valence electrons. The Balaban J connectivity index is 1.81. The number of likely N-dealkylation sites (tertiary alicyclic amines) is 1. The van der Waals surface area contributed by atoms with Crippen molar-refractivity contribution in [3.05, 3.63) is 42.1 Å². The van der Waals surface area contributed by atoms with Crippen LogP contribution in [0, 0.1) is 0 Å². The smallest absolute Gasteiger partial charge is 0.272 e. The molecule has 0 radical (unpaired) electrons. The molecule has 1 aliphatic rings. The monoisotopic (exact) mass is 284 g/mol. The molecule has 5 nitrogen and oxygen atoms in total. The number of aromatic nitrogens is 2. The molecule has 3 rings (SSSR count). The minimum absolute atomic E-state index is 0.000156. The van der Waals surface area contributed by atoms with Crippen LogP contribution in [0.1, 0.15) is 29.8 Å². The number of nitrogens with two attached hydrogens (primary N) is 1. The van der Waals surface area contributed by atoms with Gasteiger partial charge in [-0.05, 0) is 25.3 Å². The van der Waals surface area contributed by atoms with E-state index in [2.05, 4.69) is 10.2 Å². The molecule has 2 heterocycles. The molecule has 1 unspecified atom stereocenters. The van der Waals surface area contributed by atoms with Crippen molar-refractivity contribution >= 4 is 5.91 Å². The van der Waals surface area contributed by atoms with E-state index < -0.39 is 0 Å². The van der Waals surface area contributed by atoms with Crippen LogP contribution in [0.2, 0.25) is 0 Å². The van der Waals surface area contributed by atoms with E-state index >= 15 is 0 Å². The van der Waals surface area contributed by atoms with Crippen molar-refractivity contribution in [2.24, 2.45) is 5.73 Å². The third-order valence-electron chi connectivity index (χ3n) is 4.04. The molecule has 2 aromatic rings. The maximum atomic E-state index is 12.6. The average molecular weight is 284 g/mol. The van der Waals surface area contributed by atoms with Crippen molar-refractivity contribution in [2.45, 2.75) is 25.3 Å². The molecule has 0 spiro atoms. The van der Waals surface area contributed by atoms with E-state index in [1.54, 1.807) is 0 Å². The van der Waals surface area contributed by atoms with Crippen LogP contribution in [0.3, 0.4) is 0 Å². The van der Waals surface area contributed by atoms with Gasteiger partial charge in [0.1, 0.15) is 5.69 Å². The fourth-order valence-electron chi connectivity index (χ4n) is 2.86. The summed E-state index contributed by atoms with van der Waals surface area (Å²) >= 11 is 0. The molecular weight excluding hydrogens is 264 g/mol. The van der Waals surface area contributed by atoms with Gasteiger partial charge < -0.3 is 10.6 Å². The number of piperidine rings is 1. The molecule has 1 saturated heterocycles. The zero-order chi connectivity index (χ0) is 14.7. The van der Waals surface area contributed by atoms with Gasteiger partial charge in [0.15, 0.2) is 0 Å². The molecular formula is C16H20N4O. The van der Waals surface area contributed by atoms with Gasteiger partial charge in [0.05, 0.1) is 5.69 Å². The lowest BCUT2D eigenvalue weighted by atomic mass is 10.0. The zero-order valence-corrected chi connectivity index (χ0v) is 12.0. The van der Waals surface area contributed by atoms with Crippen LogP contribution < -0.4 is 5.73 Å². The van der Waals surface area contributed by atoms with Gasteiger partial charge in [0.25, 0.3) is 5.91 Å². The van der Waals surface area contributed by atoms with Gasteiger partial charge >= 0.3 is 0 Å². The Labute approximate surface area is 124 Å². The third-order valence-corrected chi connectivity index (χ3v) is 4.04. The summed E-state index contributed by atoms with van der Waals surface area (Å²) < 4.78 is 0. The van der Waals surface area contributed by atoms with Crippen LogP contribution in [-0.2, 0) is 0 Å². The van der Waals surface area contributed by atoms with E-state index in [1.165, 1.54) is 0 Å². The highest BCUT2D eigenvalue weighted by Crippen LogP contribution is 2.21. The van der Waals surface area contributed by atoms with E-state index in [4.69, 9.17) is 5.73 Å². The van der Waals surface area contributed by atoms with Gasteiger partial charge in [-0.15, -0.1) is 0 Å². The van der Waals surface area contributed by atoms with Crippen molar-refractivity contribution in [3.8, 4) is 11.3 Å². The summed E-state index contributed by atoms with van der Waals surface area (Å²) in [6, 6.07) is 11.8. The first-order valence-electron chi connectivity index (χ1n) is 7.41. The molecule has 3 N–H and O–H groups in total. The molecule has 5 heteroatoms. The van der Waals surface area contributed by atoms with Crippen molar-refractivity contribution in [1.82, 2.24) is 15.1 Å². The Bertz CT molecular complexity index is 608. The van der Waals surface area contributed by atoms with Gasteiger partial charge in [-0.2, -0.15) is 5.10 Å². The largest absolute Gasteiger partial charge is 0.333 e. The predicted octanol–water partition coefficient (Wildman–Crippen LogP) is 2.03. The van der Waals surface area contributed by atoms with Crippen molar-refractivity contribution in [2.75, 3.05) is 13.1 Å². The SMILES string of the molecule is NCC1CCCCN1C(=O)c1cc(-c2ccccc2)n[nH]1. The molecule has 1 atom stereocenters. The van der Waals surface area contributed by atoms with Crippen LogP contribution in [0.5, 0.6) is 0 Å². The summed E-state index contributed by atoms with van der Waals surface area (Å²) in [6.07, 6.45) is 3.17. The van der Waals surface area contributed by atoms with E-state index in [0.717, 1.165) is 37.1 Å². The maximum absolute atomic E-state index is 12.6. The first-order chi connectivity index (χ1) is 10.3. The Morgan fingerprint density at radius 3 is 2.90 bits per heavy atom. The molecule has 1 aromatic carbocycles. The zero-order valence-electron chi connectivity index (χ0n) is 12.0. The molecule has 0 aliphatic carbocycles. The summed E-state index contributed by atoms with van der Waals surface area (Å²) in [7, 11) is 0.